The maximum Gasteiger partial charge on any atom is 0.139 e. The highest BCUT2D eigenvalue weighted by Gasteiger charge is 2.05. The molecule has 0 amide bonds. The van der Waals surface area contributed by atoms with E-state index in [1.165, 1.54) is 77.5 Å². The van der Waals surface area contributed by atoms with Crippen molar-refractivity contribution in [1.29, 1.82) is 0 Å². The lowest BCUT2D eigenvalue weighted by Crippen LogP contribution is -3.12. The third-order valence-corrected chi connectivity index (χ3v) is 5.56. The Morgan fingerprint density at radius 2 is 0.812 bits per heavy atom. The van der Waals surface area contributed by atoms with Gasteiger partial charge in [0.2, 0.25) is 0 Å². The molecule has 0 bridgehead atoms. The SMILES string of the molecule is CCCC[NH+](CC#Cc1ccc(C#CC[NH+](CCCC)CCCC)cc1)CCCC.[Cl-].[Cl-]. The summed E-state index contributed by atoms with van der Waals surface area (Å²) in [6.07, 6.45) is 10.2. The van der Waals surface area contributed by atoms with E-state index in [9.17, 15) is 0 Å². The Balaban J connectivity index is 0. The van der Waals surface area contributed by atoms with Gasteiger partial charge in [0.1, 0.15) is 13.1 Å². The molecule has 0 aliphatic rings. The van der Waals surface area contributed by atoms with E-state index in [2.05, 4.69) is 75.6 Å². The first-order chi connectivity index (χ1) is 14.7. The quantitative estimate of drug-likeness (QED) is 0.269. The van der Waals surface area contributed by atoms with Crippen molar-refractivity contribution in [2.24, 2.45) is 0 Å². The zero-order chi connectivity index (χ0) is 21.9. The van der Waals surface area contributed by atoms with Crippen LogP contribution in [-0.2, 0) is 0 Å². The molecule has 0 saturated carbocycles. The first-order valence-corrected chi connectivity index (χ1v) is 12.5. The molecule has 0 heterocycles. The Hall–Kier alpha value is -1.16. The molecule has 0 atom stereocenters. The van der Waals surface area contributed by atoms with E-state index in [4.69, 9.17) is 0 Å². The average Bonchev–Trinajstić information content (AvgIpc) is 2.77. The maximum atomic E-state index is 3.41. The second-order valence-electron chi connectivity index (χ2n) is 8.45. The molecule has 32 heavy (non-hydrogen) atoms. The molecule has 0 spiro atoms. The molecule has 1 rings (SSSR count). The first-order valence-electron chi connectivity index (χ1n) is 12.5. The van der Waals surface area contributed by atoms with Gasteiger partial charge in [-0.05, 0) is 61.8 Å². The predicted molar refractivity (Wildman–Crippen MR) is 131 cm³/mol. The maximum absolute atomic E-state index is 3.41. The fourth-order valence-electron chi connectivity index (χ4n) is 3.49. The van der Waals surface area contributed by atoms with E-state index in [1.54, 1.807) is 9.80 Å². The number of rotatable bonds is 14. The highest BCUT2D eigenvalue weighted by molar-refractivity contribution is 5.41. The summed E-state index contributed by atoms with van der Waals surface area (Å²) in [5.41, 5.74) is 2.20. The Labute approximate surface area is 211 Å². The zero-order valence-electron chi connectivity index (χ0n) is 21.0. The molecule has 2 nitrogen and oxygen atoms in total. The first kappa shape index (κ1) is 33.0. The van der Waals surface area contributed by atoms with Gasteiger partial charge >= 0.3 is 0 Å². The van der Waals surface area contributed by atoms with Crippen molar-refractivity contribution in [3.8, 4) is 23.7 Å². The molecule has 0 aliphatic heterocycles. The predicted octanol–water partition coefficient (Wildman–Crippen LogP) is -2.63. The molecule has 0 unspecified atom stereocenters. The van der Waals surface area contributed by atoms with Crippen molar-refractivity contribution < 1.29 is 34.6 Å². The Bertz CT molecular complexity index is 590. The van der Waals surface area contributed by atoms with Crippen molar-refractivity contribution in [2.75, 3.05) is 39.3 Å². The highest BCUT2D eigenvalue weighted by Crippen LogP contribution is 2.01. The smallest absolute Gasteiger partial charge is 0.139 e. The van der Waals surface area contributed by atoms with Crippen LogP contribution in [0.2, 0.25) is 0 Å². The van der Waals surface area contributed by atoms with Crippen LogP contribution in [0.3, 0.4) is 0 Å². The second-order valence-corrected chi connectivity index (χ2v) is 8.45. The van der Waals surface area contributed by atoms with Crippen LogP contribution in [0.25, 0.3) is 0 Å². The summed E-state index contributed by atoms with van der Waals surface area (Å²) in [4.78, 5) is 3.26. The molecule has 0 aromatic heterocycles. The molecule has 1 aromatic rings. The fraction of sp³-hybridized carbons (Fsp3) is 0.643. The van der Waals surface area contributed by atoms with Crippen molar-refractivity contribution in [2.45, 2.75) is 79.1 Å². The normalized spacial score (nSPS) is 9.94. The van der Waals surface area contributed by atoms with Crippen LogP contribution >= 0.6 is 0 Å². The average molecular weight is 482 g/mol. The van der Waals surface area contributed by atoms with Gasteiger partial charge in [0.15, 0.2) is 0 Å². The minimum atomic E-state index is 0. The summed E-state index contributed by atoms with van der Waals surface area (Å²) < 4.78 is 0. The summed E-state index contributed by atoms with van der Waals surface area (Å²) in [6, 6.07) is 8.47. The molecule has 0 saturated heterocycles. The van der Waals surface area contributed by atoms with Crippen LogP contribution in [0.4, 0.5) is 0 Å². The van der Waals surface area contributed by atoms with Crippen LogP contribution in [0, 0.1) is 23.7 Å². The van der Waals surface area contributed by atoms with Crippen molar-refractivity contribution in [3.05, 3.63) is 35.4 Å². The molecular weight excluding hydrogens is 435 g/mol. The Morgan fingerprint density at radius 1 is 0.531 bits per heavy atom. The summed E-state index contributed by atoms with van der Waals surface area (Å²) >= 11 is 0. The largest absolute Gasteiger partial charge is 1.00 e. The van der Waals surface area contributed by atoms with Crippen LogP contribution in [0.1, 0.15) is 90.2 Å². The van der Waals surface area contributed by atoms with Gasteiger partial charge in [-0.3, -0.25) is 0 Å². The summed E-state index contributed by atoms with van der Waals surface area (Å²) in [7, 11) is 0. The van der Waals surface area contributed by atoms with Crippen molar-refractivity contribution in [1.82, 2.24) is 0 Å². The van der Waals surface area contributed by atoms with Crippen molar-refractivity contribution >= 4 is 0 Å². The van der Waals surface area contributed by atoms with Crippen LogP contribution < -0.4 is 34.6 Å². The summed E-state index contributed by atoms with van der Waals surface area (Å²) in [6.45, 7) is 16.0. The fourth-order valence-corrected chi connectivity index (χ4v) is 3.49. The molecule has 2 N–H and O–H groups in total. The van der Waals surface area contributed by atoms with Gasteiger partial charge in [-0.15, -0.1) is 0 Å². The Morgan fingerprint density at radius 3 is 1.06 bits per heavy atom. The zero-order valence-corrected chi connectivity index (χ0v) is 22.5. The minimum Gasteiger partial charge on any atom is -1.00 e. The van der Waals surface area contributed by atoms with Crippen LogP contribution in [0.15, 0.2) is 24.3 Å². The van der Waals surface area contributed by atoms with Gasteiger partial charge in [0.05, 0.1) is 26.2 Å². The Kier molecular flexibility index (Phi) is 23.7. The molecule has 4 heteroatoms. The number of quaternary nitrogens is 2. The summed E-state index contributed by atoms with van der Waals surface area (Å²) in [5.74, 6) is 13.5. The van der Waals surface area contributed by atoms with E-state index in [0.717, 1.165) is 24.2 Å². The van der Waals surface area contributed by atoms with E-state index >= 15 is 0 Å². The van der Waals surface area contributed by atoms with E-state index in [0.29, 0.717) is 0 Å². The lowest BCUT2D eigenvalue weighted by molar-refractivity contribution is -0.893. The van der Waals surface area contributed by atoms with Gasteiger partial charge in [0, 0.05) is 11.1 Å². The number of hydrogen-bond donors (Lipinski definition) is 2. The van der Waals surface area contributed by atoms with Gasteiger partial charge in [0.25, 0.3) is 0 Å². The number of halogens is 2. The lowest BCUT2D eigenvalue weighted by Gasteiger charge is -2.16. The lowest BCUT2D eigenvalue weighted by atomic mass is 10.1. The highest BCUT2D eigenvalue weighted by atomic mass is 35.5. The second kappa shape index (κ2) is 23.0. The van der Waals surface area contributed by atoms with E-state index in [1.807, 2.05) is 0 Å². The van der Waals surface area contributed by atoms with Crippen molar-refractivity contribution in [3.63, 3.8) is 0 Å². The standard InChI is InChI=1S/C28H44N2.2ClH/c1-5-9-21-29(22-10-6-2)25-13-15-27-17-19-28(20-18-27)16-14-26-30(23-11-7-3)24-12-8-4;;/h17-20H,5-12,21-26H2,1-4H3;2*1H. The number of nitrogens with one attached hydrogen (secondary N) is 2. The number of unbranched alkanes of at least 4 members (excludes halogenated alkanes) is 4. The molecular formula is C28H46Cl2N2. The monoisotopic (exact) mass is 480 g/mol. The van der Waals surface area contributed by atoms with E-state index in [-0.39, 0.29) is 24.8 Å². The molecule has 0 aliphatic carbocycles. The molecule has 0 fully saturated rings. The third-order valence-electron chi connectivity index (χ3n) is 5.56. The summed E-state index contributed by atoms with van der Waals surface area (Å²) in [5, 5.41) is 0. The molecule has 0 radical (unpaired) electrons. The topological polar surface area (TPSA) is 8.88 Å². The van der Waals surface area contributed by atoms with Crippen LogP contribution in [0.5, 0.6) is 0 Å². The van der Waals surface area contributed by atoms with Gasteiger partial charge in [-0.2, -0.15) is 0 Å². The number of hydrogen-bond acceptors (Lipinski definition) is 0. The molecule has 182 valence electrons. The number of benzene rings is 1. The van der Waals surface area contributed by atoms with Gasteiger partial charge < -0.3 is 34.6 Å². The third kappa shape index (κ3) is 16.5. The van der Waals surface area contributed by atoms with Crippen LogP contribution in [-0.4, -0.2) is 39.3 Å². The van der Waals surface area contributed by atoms with Gasteiger partial charge in [-0.25, -0.2) is 0 Å². The van der Waals surface area contributed by atoms with E-state index < -0.39 is 0 Å². The minimum absolute atomic E-state index is 0. The van der Waals surface area contributed by atoms with Gasteiger partial charge in [-0.1, -0.05) is 65.2 Å². The molecule has 1 aromatic carbocycles.